The van der Waals surface area contributed by atoms with E-state index in [1.54, 1.807) is 44.2 Å². The van der Waals surface area contributed by atoms with Crippen LogP contribution in [0.15, 0.2) is 36.5 Å². The second-order valence-corrected chi connectivity index (χ2v) is 7.38. The maximum Gasteiger partial charge on any atom is 0.257 e. The van der Waals surface area contributed by atoms with E-state index < -0.39 is 10.0 Å². The normalized spacial score (nSPS) is 11.1. The number of anilines is 2. The van der Waals surface area contributed by atoms with E-state index in [9.17, 15) is 13.2 Å². The third-order valence-electron chi connectivity index (χ3n) is 3.49. The highest BCUT2D eigenvalue weighted by molar-refractivity contribution is 7.92. The molecule has 0 unspecified atom stereocenters. The number of rotatable bonds is 6. The Morgan fingerprint density at radius 1 is 1.12 bits per heavy atom. The van der Waals surface area contributed by atoms with Gasteiger partial charge in [-0.15, -0.1) is 0 Å². The molecule has 6 nitrogen and oxygen atoms in total. The molecule has 0 bridgehead atoms. The fourth-order valence-corrected chi connectivity index (χ4v) is 3.36. The zero-order valence-corrected chi connectivity index (χ0v) is 14.8. The molecule has 1 heterocycles. The number of carbonyl (C=O) groups is 1. The molecule has 0 aliphatic heterocycles. The number of aromatic nitrogens is 1. The van der Waals surface area contributed by atoms with Gasteiger partial charge in [-0.25, -0.2) is 8.42 Å². The molecule has 0 radical (unpaired) electrons. The van der Waals surface area contributed by atoms with E-state index >= 15 is 0 Å². The first-order chi connectivity index (χ1) is 11.3. The van der Waals surface area contributed by atoms with E-state index in [1.807, 2.05) is 6.92 Å². The summed E-state index contributed by atoms with van der Waals surface area (Å²) in [6.45, 7) is 5.41. The molecule has 2 aromatic rings. The van der Waals surface area contributed by atoms with Crippen molar-refractivity contribution in [2.75, 3.05) is 15.8 Å². The van der Waals surface area contributed by atoms with Gasteiger partial charge in [-0.05, 0) is 50.1 Å². The minimum absolute atomic E-state index is 0.0536. The third kappa shape index (κ3) is 4.55. The Balaban J connectivity index is 2.21. The molecule has 0 fully saturated rings. The van der Waals surface area contributed by atoms with Crippen LogP contribution in [-0.2, 0) is 10.0 Å². The van der Waals surface area contributed by atoms with E-state index in [1.165, 1.54) is 6.20 Å². The van der Waals surface area contributed by atoms with Gasteiger partial charge in [0.15, 0.2) is 0 Å². The Morgan fingerprint density at radius 3 is 2.46 bits per heavy atom. The van der Waals surface area contributed by atoms with Crippen LogP contribution in [0.2, 0.25) is 0 Å². The second-order valence-electron chi connectivity index (χ2n) is 5.54. The summed E-state index contributed by atoms with van der Waals surface area (Å²) in [5.74, 6) is -0.239. The number of aryl methyl sites for hydroxylation is 1. The molecule has 128 valence electrons. The van der Waals surface area contributed by atoms with Crippen molar-refractivity contribution in [3.8, 4) is 0 Å². The highest BCUT2D eigenvalue weighted by Gasteiger charge is 2.14. The maximum atomic E-state index is 12.3. The van der Waals surface area contributed by atoms with Gasteiger partial charge in [-0.1, -0.05) is 13.0 Å². The number of hydrogen-bond acceptors (Lipinski definition) is 4. The lowest BCUT2D eigenvalue weighted by atomic mass is 10.1. The largest absolute Gasteiger partial charge is 0.322 e. The van der Waals surface area contributed by atoms with Gasteiger partial charge in [-0.2, -0.15) is 0 Å². The Morgan fingerprint density at radius 2 is 1.83 bits per heavy atom. The Hall–Kier alpha value is -2.41. The Labute approximate surface area is 142 Å². The SMILES string of the molecule is CCCS(=O)(=O)Nc1cccc(NC(=O)c2ccc(C)nc2)c1C. The predicted octanol–water partition coefficient (Wildman–Crippen LogP) is 3.10. The van der Waals surface area contributed by atoms with Gasteiger partial charge in [0.2, 0.25) is 10.0 Å². The third-order valence-corrected chi connectivity index (χ3v) is 4.97. The second kappa shape index (κ2) is 7.44. The van der Waals surface area contributed by atoms with Gasteiger partial charge in [0.25, 0.3) is 5.91 Å². The molecule has 2 rings (SSSR count). The molecule has 24 heavy (non-hydrogen) atoms. The van der Waals surface area contributed by atoms with Crippen LogP contribution in [0.1, 0.15) is 35.0 Å². The number of hydrogen-bond donors (Lipinski definition) is 2. The summed E-state index contributed by atoms with van der Waals surface area (Å²) in [6, 6.07) is 8.55. The molecule has 0 spiro atoms. The van der Waals surface area contributed by atoms with E-state index in [4.69, 9.17) is 0 Å². The fraction of sp³-hybridized carbons (Fsp3) is 0.294. The van der Waals surface area contributed by atoms with Crippen LogP contribution in [0.5, 0.6) is 0 Å². The number of amides is 1. The van der Waals surface area contributed by atoms with Crippen molar-refractivity contribution in [2.45, 2.75) is 27.2 Å². The van der Waals surface area contributed by atoms with Gasteiger partial charge >= 0.3 is 0 Å². The molecular formula is C17H21N3O3S. The molecule has 1 amide bonds. The molecule has 0 aliphatic rings. The van der Waals surface area contributed by atoms with Crippen LogP contribution in [0.25, 0.3) is 0 Å². The van der Waals surface area contributed by atoms with Gasteiger partial charge in [-0.3, -0.25) is 14.5 Å². The quantitative estimate of drug-likeness (QED) is 0.840. The highest BCUT2D eigenvalue weighted by Crippen LogP contribution is 2.25. The average Bonchev–Trinajstić information content (AvgIpc) is 2.51. The van der Waals surface area contributed by atoms with Crippen LogP contribution >= 0.6 is 0 Å². The smallest absolute Gasteiger partial charge is 0.257 e. The highest BCUT2D eigenvalue weighted by atomic mass is 32.2. The van der Waals surface area contributed by atoms with Gasteiger partial charge < -0.3 is 5.32 Å². The number of sulfonamides is 1. The Bertz CT molecular complexity index is 831. The fourth-order valence-electron chi connectivity index (χ4n) is 2.17. The molecule has 1 aromatic carbocycles. The number of benzene rings is 1. The maximum absolute atomic E-state index is 12.3. The molecule has 0 saturated heterocycles. The molecule has 7 heteroatoms. The van der Waals surface area contributed by atoms with Crippen molar-refractivity contribution < 1.29 is 13.2 Å². The minimum atomic E-state index is -3.38. The van der Waals surface area contributed by atoms with Crippen LogP contribution in [0, 0.1) is 13.8 Å². The van der Waals surface area contributed by atoms with Gasteiger partial charge in [0.05, 0.1) is 17.0 Å². The number of nitrogens with one attached hydrogen (secondary N) is 2. The number of carbonyl (C=O) groups excluding carboxylic acids is 1. The summed E-state index contributed by atoms with van der Waals surface area (Å²) in [5, 5.41) is 2.79. The van der Waals surface area contributed by atoms with Crippen molar-refractivity contribution in [1.29, 1.82) is 0 Å². The van der Waals surface area contributed by atoms with E-state index in [0.29, 0.717) is 28.9 Å². The predicted molar refractivity (Wildman–Crippen MR) is 95.8 cm³/mol. The molecular weight excluding hydrogens is 326 g/mol. The van der Waals surface area contributed by atoms with Crippen LogP contribution in [-0.4, -0.2) is 25.1 Å². The van der Waals surface area contributed by atoms with Crippen LogP contribution in [0.4, 0.5) is 11.4 Å². The standard InChI is InChI=1S/C17H21N3O3S/c1-4-10-24(22,23)20-16-7-5-6-15(13(16)3)19-17(21)14-9-8-12(2)18-11-14/h5-9,11,20H,4,10H2,1-3H3,(H,19,21). The minimum Gasteiger partial charge on any atom is -0.322 e. The summed E-state index contributed by atoms with van der Waals surface area (Å²) in [5.41, 5.74) is 2.94. The summed E-state index contributed by atoms with van der Waals surface area (Å²) in [4.78, 5) is 16.4. The first-order valence-corrected chi connectivity index (χ1v) is 9.31. The first-order valence-electron chi connectivity index (χ1n) is 7.66. The lowest BCUT2D eigenvalue weighted by Crippen LogP contribution is -2.18. The van der Waals surface area contributed by atoms with Crippen molar-refractivity contribution >= 4 is 27.3 Å². The summed E-state index contributed by atoms with van der Waals surface area (Å²) in [7, 11) is -3.38. The van der Waals surface area contributed by atoms with E-state index in [0.717, 1.165) is 5.69 Å². The lowest BCUT2D eigenvalue weighted by Gasteiger charge is -2.14. The van der Waals surface area contributed by atoms with Crippen molar-refractivity contribution in [3.63, 3.8) is 0 Å². The monoisotopic (exact) mass is 347 g/mol. The zero-order chi connectivity index (χ0) is 17.7. The van der Waals surface area contributed by atoms with E-state index in [2.05, 4.69) is 15.0 Å². The van der Waals surface area contributed by atoms with E-state index in [-0.39, 0.29) is 11.7 Å². The number of nitrogens with zero attached hydrogens (tertiary/aromatic N) is 1. The van der Waals surface area contributed by atoms with Crippen LogP contribution in [0.3, 0.4) is 0 Å². The van der Waals surface area contributed by atoms with Crippen molar-refractivity contribution in [2.24, 2.45) is 0 Å². The molecule has 0 saturated carbocycles. The summed E-state index contributed by atoms with van der Waals surface area (Å²) in [6.07, 6.45) is 2.04. The average molecular weight is 347 g/mol. The summed E-state index contributed by atoms with van der Waals surface area (Å²) >= 11 is 0. The lowest BCUT2D eigenvalue weighted by molar-refractivity contribution is 0.102. The number of pyridine rings is 1. The van der Waals surface area contributed by atoms with Crippen molar-refractivity contribution in [3.05, 3.63) is 53.3 Å². The molecule has 2 N–H and O–H groups in total. The first kappa shape index (κ1) is 17.9. The van der Waals surface area contributed by atoms with Crippen molar-refractivity contribution in [1.82, 2.24) is 4.98 Å². The molecule has 0 atom stereocenters. The molecule has 1 aromatic heterocycles. The van der Waals surface area contributed by atoms with Gasteiger partial charge in [0, 0.05) is 17.6 Å². The topological polar surface area (TPSA) is 88.2 Å². The zero-order valence-electron chi connectivity index (χ0n) is 14.0. The Kier molecular flexibility index (Phi) is 5.56. The summed E-state index contributed by atoms with van der Waals surface area (Å²) < 4.78 is 26.4. The van der Waals surface area contributed by atoms with Gasteiger partial charge in [0.1, 0.15) is 0 Å². The molecule has 0 aliphatic carbocycles. The van der Waals surface area contributed by atoms with Crippen LogP contribution < -0.4 is 10.0 Å².